The summed E-state index contributed by atoms with van der Waals surface area (Å²) in [6, 6.07) is 16.3. The van der Waals surface area contributed by atoms with Crippen LogP contribution in [0.3, 0.4) is 0 Å². The molecular weight excluding hydrogens is 463 g/mol. The number of anilines is 2. The van der Waals surface area contributed by atoms with E-state index in [2.05, 4.69) is 15.0 Å². The van der Waals surface area contributed by atoms with Crippen LogP contribution in [-0.4, -0.2) is 19.3 Å². The number of aromatic nitrogens is 1. The molecule has 0 fully saturated rings. The van der Waals surface area contributed by atoms with Crippen LogP contribution in [-0.2, 0) is 16.2 Å². The normalized spacial score (nSPS) is 12.0. The molecule has 32 heavy (non-hydrogen) atoms. The number of amides is 1. The molecule has 4 rings (SSSR count). The molecule has 0 aliphatic heterocycles. The third-order valence-corrected chi connectivity index (χ3v) is 6.69. The minimum Gasteiger partial charge on any atom is -0.298 e. The van der Waals surface area contributed by atoms with Crippen molar-refractivity contribution in [2.45, 2.75) is 11.1 Å². The second-order valence-corrected chi connectivity index (χ2v) is 9.37. The van der Waals surface area contributed by atoms with Gasteiger partial charge in [-0.3, -0.25) is 14.8 Å². The van der Waals surface area contributed by atoms with Gasteiger partial charge in [-0.15, -0.1) is 0 Å². The molecule has 0 bridgehead atoms. The Hall–Kier alpha value is -3.44. The first-order valence-electron chi connectivity index (χ1n) is 9.09. The summed E-state index contributed by atoms with van der Waals surface area (Å²) in [5.41, 5.74) is -0.462. The summed E-state index contributed by atoms with van der Waals surface area (Å²) in [5.74, 6) is -0.569. The molecule has 0 aliphatic carbocycles. The molecule has 0 aliphatic rings. The van der Waals surface area contributed by atoms with Crippen molar-refractivity contribution < 1.29 is 26.4 Å². The molecule has 3 aromatic carbocycles. The molecule has 1 heterocycles. The summed E-state index contributed by atoms with van der Waals surface area (Å²) in [4.78, 5) is 16.6. The van der Waals surface area contributed by atoms with Gasteiger partial charge in [-0.25, -0.2) is 13.4 Å². The van der Waals surface area contributed by atoms with Gasteiger partial charge in [0.15, 0.2) is 5.13 Å². The van der Waals surface area contributed by atoms with Crippen LogP contribution in [0.1, 0.15) is 15.9 Å². The van der Waals surface area contributed by atoms with Gasteiger partial charge < -0.3 is 0 Å². The summed E-state index contributed by atoms with van der Waals surface area (Å²) >= 11 is 1.27. The average molecular weight is 477 g/mol. The zero-order chi connectivity index (χ0) is 22.9. The van der Waals surface area contributed by atoms with Gasteiger partial charge in [0.25, 0.3) is 15.9 Å². The van der Waals surface area contributed by atoms with Crippen LogP contribution >= 0.6 is 11.3 Å². The van der Waals surface area contributed by atoms with E-state index in [9.17, 15) is 26.4 Å². The van der Waals surface area contributed by atoms with Gasteiger partial charge in [-0.2, -0.15) is 13.2 Å². The number of para-hydroxylation sites is 1. The Labute approximate surface area is 184 Å². The average Bonchev–Trinajstić information content (AvgIpc) is 3.15. The lowest BCUT2D eigenvalue weighted by Gasteiger charge is -2.12. The summed E-state index contributed by atoms with van der Waals surface area (Å²) < 4.78 is 67.0. The van der Waals surface area contributed by atoms with E-state index in [4.69, 9.17) is 0 Å². The SMILES string of the molecule is O=C(Nc1nc2ccccc2s1)c1cccc(S(=O)(=O)Nc2cccc(C(F)(F)F)c2)c1. The molecular formula is C21H14F3N3O3S2. The Kier molecular flexibility index (Phi) is 5.61. The summed E-state index contributed by atoms with van der Waals surface area (Å²) in [7, 11) is -4.24. The Morgan fingerprint density at radius 3 is 2.44 bits per heavy atom. The van der Waals surface area contributed by atoms with Crippen molar-refractivity contribution in [2.24, 2.45) is 0 Å². The lowest BCUT2D eigenvalue weighted by Crippen LogP contribution is -2.16. The highest BCUT2D eigenvalue weighted by Crippen LogP contribution is 2.31. The van der Waals surface area contributed by atoms with Crippen molar-refractivity contribution >= 4 is 48.3 Å². The van der Waals surface area contributed by atoms with Crippen LogP contribution < -0.4 is 10.0 Å². The van der Waals surface area contributed by atoms with Crippen molar-refractivity contribution in [3.8, 4) is 0 Å². The van der Waals surface area contributed by atoms with E-state index in [0.717, 1.165) is 28.4 Å². The molecule has 1 amide bonds. The van der Waals surface area contributed by atoms with Gasteiger partial charge in [-0.05, 0) is 48.5 Å². The number of benzene rings is 3. The van der Waals surface area contributed by atoms with E-state index in [1.54, 1.807) is 6.07 Å². The molecule has 11 heteroatoms. The van der Waals surface area contributed by atoms with Crippen LogP contribution in [0.25, 0.3) is 10.2 Å². The van der Waals surface area contributed by atoms with Gasteiger partial charge in [0.05, 0.1) is 20.7 Å². The topological polar surface area (TPSA) is 88.2 Å². The smallest absolute Gasteiger partial charge is 0.298 e. The number of hydrogen-bond donors (Lipinski definition) is 2. The molecule has 0 radical (unpaired) electrons. The maximum atomic E-state index is 12.9. The number of carbonyl (C=O) groups excluding carboxylic acids is 1. The number of sulfonamides is 1. The highest BCUT2D eigenvalue weighted by molar-refractivity contribution is 7.92. The van der Waals surface area contributed by atoms with Gasteiger partial charge in [0, 0.05) is 11.3 Å². The zero-order valence-corrected chi connectivity index (χ0v) is 17.7. The van der Waals surface area contributed by atoms with Crippen LogP contribution in [0.15, 0.2) is 77.7 Å². The molecule has 1 aromatic heterocycles. The summed E-state index contributed by atoms with van der Waals surface area (Å²) in [6.45, 7) is 0. The number of carbonyl (C=O) groups is 1. The second-order valence-electron chi connectivity index (χ2n) is 6.65. The maximum absolute atomic E-state index is 12.9. The number of alkyl halides is 3. The highest BCUT2D eigenvalue weighted by Gasteiger charge is 2.30. The zero-order valence-electron chi connectivity index (χ0n) is 16.1. The van der Waals surface area contributed by atoms with E-state index in [0.29, 0.717) is 11.2 Å². The minimum absolute atomic E-state index is 0.0520. The Balaban J connectivity index is 1.55. The first kappa shape index (κ1) is 21.8. The molecule has 4 aromatic rings. The lowest BCUT2D eigenvalue weighted by molar-refractivity contribution is -0.137. The van der Waals surface area contributed by atoms with E-state index in [1.165, 1.54) is 35.6 Å². The minimum atomic E-state index is -4.61. The largest absolute Gasteiger partial charge is 0.416 e. The molecule has 0 spiro atoms. The Morgan fingerprint density at radius 1 is 0.938 bits per heavy atom. The molecule has 164 valence electrons. The quantitative estimate of drug-likeness (QED) is 0.405. The second kappa shape index (κ2) is 8.24. The van der Waals surface area contributed by atoms with E-state index < -0.39 is 27.7 Å². The first-order chi connectivity index (χ1) is 15.1. The van der Waals surface area contributed by atoms with Crippen molar-refractivity contribution in [1.82, 2.24) is 4.98 Å². The maximum Gasteiger partial charge on any atom is 0.416 e. The van der Waals surface area contributed by atoms with Gasteiger partial charge in [0.1, 0.15) is 0 Å². The number of thiazole rings is 1. The fraction of sp³-hybridized carbons (Fsp3) is 0.0476. The Morgan fingerprint density at radius 2 is 1.69 bits per heavy atom. The van der Waals surface area contributed by atoms with E-state index in [-0.39, 0.29) is 16.1 Å². The number of nitrogens with one attached hydrogen (secondary N) is 2. The van der Waals surface area contributed by atoms with Crippen molar-refractivity contribution in [3.05, 3.63) is 83.9 Å². The summed E-state index contributed by atoms with van der Waals surface area (Å²) in [6.07, 6.45) is -4.61. The lowest BCUT2D eigenvalue weighted by atomic mass is 10.2. The van der Waals surface area contributed by atoms with Gasteiger partial charge >= 0.3 is 6.18 Å². The Bertz CT molecular complexity index is 1380. The van der Waals surface area contributed by atoms with E-state index in [1.807, 2.05) is 18.2 Å². The molecule has 0 saturated heterocycles. The predicted molar refractivity (Wildman–Crippen MR) is 116 cm³/mol. The van der Waals surface area contributed by atoms with Gasteiger partial charge in [0.2, 0.25) is 0 Å². The molecule has 0 atom stereocenters. The van der Waals surface area contributed by atoms with Gasteiger partial charge in [-0.1, -0.05) is 35.6 Å². The van der Waals surface area contributed by atoms with Crippen LogP contribution in [0.5, 0.6) is 0 Å². The number of fused-ring (bicyclic) bond motifs is 1. The standard InChI is InChI=1S/C21H14F3N3O3S2/c22-21(23,24)14-6-4-7-15(12-14)27-32(29,30)16-8-3-5-13(11-16)19(28)26-20-25-17-9-1-2-10-18(17)31-20/h1-12,27H,(H,25,26,28). The molecule has 0 saturated carbocycles. The van der Waals surface area contributed by atoms with Crippen molar-refractivity contribution in [2.75, 3.05) is 10.0 Å². The van der Waals surface area contributed by atoms with Crippen molar-refractivity contribution in [1.29, 1.82) is 0 Å². The predicted octanol–water partition coefficient (Wildman–Crippen LogP) is 5.37. The number of halogens is 3. The third kappa shape index (κ3) is 4.73. The summed E-state index contributed by atoms with van der Waals surface area (Å²) in [5, 5.41) is 2.98. The highest BCUT2D eigenvalue weighted by atomic mass is 32.2. The fourth-order valence-corrected chi connectivity index (χ4v) is 4.83. The molecule has 0 unspecified atom stereocenters. The number of nitrogens with zero attached hydrogens (tertiary/aromatic N) is 1. The number of rotatable bonds is 5. The molecule has 6 nitrogen and oxygen atoms in total. The first-order valence-corrected chi connectivity index (χ1v) is 11.4. The van der Waals surface area contributed by atoms with Crippen LogP contribution in [0, 0.1) is 0 Å². The van der Waals surface area contributed by atoms with Crippen LogP contribution in [0.4, 0.5) is 24.0 Å². The third-order valence-electron chi connectivity index (χ3n) is 4.36. The fourth-order valence-electron chi connectivity index (χ4n) is 2.87. The molecule has 2 N–H and O–H groups in total. The monoisotopic (exact) mass is 477 g/mol. The number of hydrogen-bond acceptors (Lipinski definition) is 5. The van der Waals surface area contributed by atoms with Crippen molar-refractivity contribution in [3.63, 3.8) is 0 Å². The van der Waals surface area contributed by atoms with Crippen LogP contribution in [0.2, 0.25) is 0 Å². The van der Waals surface area contributed by atoms with E-state index >= 15 is 0 Å².